The number of carbonyl (C=O) groups is 1. The minimum Gasteiger partial charge on any atom is -0.298 e. The van der Waals surface area contributed by atoms with E-state index >= 15 is 0 Å². The number of amides is 1. The van der Waals surface area contributed by atoms with Crippen LogP contribution in [0.15, 0.2) is 48.7 Å². The van der Waals surface area contributed by atoms with E-state index in [0.717, 1.165) is 47.7 Å². The second-order valence-corrected chi connectivity index (χ2v) is 8.60. The number of benzene rings is 2. The van der Waals surface area contributed by atoms with Crippen LogP contribution >= 0.6 is 34.5 Å². The average molecular weight is 525 g/mol. The summed E-state index contributed by atoms with van der Waals surface area (Å²) in [7, 11) is 0. The molecule has 3 nitrogen and oxygen atoms in total. The molecule has 0 saturated heterocycles. The molecule has 0 aliphatic heterocycles. The highest BCUT2D eigenvalue weighted by atomic mass is 35.5. The van der Waals surface area contributed by atoms with Crippen LogP contribution in [0.25, 0.3) is 6.08 Å². The average Bonchev–Trinajstić information content (AvgIpc) is 3.14. The van der Waals surface area contributed by atoms with Crippen molar-refractivity contribution in [3.63, 3.8) is 0 Å². The lowest BCUT2D eigenvalue weighted by Crippen LogP contribution is -2.07. The first-order valence-corrected chi connectivity index (χ1v) is 10.6. The summed E-state index contributed by atoms with van der Waals surface area (Å²) in [4.78, 5) is 16.6. The first kappa shape index (κ1) is 25.1. The molecular weight excluding hydrogens is 513 g/mol. The summed E-state index contributed by atoms with van der Waals surface area (Å²) in [6, 6.07) is 6.20. The number of thiazole rings is 1. The molecule has 0 aliphatic rings. The molecule has 3 aromatic rings. The summed E-state index contributed by atoms with van der Waals surface area (Å²) in [5.74, 6) is -0.656. The van der Waals surface area contributed by atoms with Crippen molar-refractivity contribution in [1.82, 2.24) is 4.98 Å². The zero-order chi connectivity index (χ0) is 24.4. The van der Waals surface area contributed by atoms with Crippen LogP contribution in [0, 0.1) is 0 Å². The van der Waals surface area contributed by atoms with Crippen LogP contribution in [0.4, 0.5) is 31.5 Å². The number of nitrogens with zero attached hydrogens (tertiary/aromatic N) is 1. The fourth-order valence-corrected chi connectivity index (χ4v) is 3.95. The predicted octanol–water partition coefficient (Wildman–Crippen LogP) is 7.73. The molecule has 33 heavy (non-hydrogen) atoms. The molecule has 0 unspecified atom stereocenters. The predicted molar refractivity (Wildman–Crippen MR) is 115 cm³/mol. The van der Waals surface area contributed by atoms with Crippen LogP contribution in [0.1, 0.15) is 27.1 Å². The van der Waals surface area contributed by atoms with Crippen molar-refractivity contribution in [2.45, 2.75) is 18.8 Å². The van der Waals surface area contributed by atoms with E-state index in [1.807, 2.05) is 0 Å². The molecule has 0 aliphatic carbocycles. The largest absolute Gasteiger partial charge is 0.417 e. The monoisotopic (exact) mass is 524 g/mol. The molecule has 1 aromatic heterocycles. The minimum absolute atomic E-state index is 0.0666. The Morgan fingerprint density at radius 3 is 2.36 bits per heavy atom. The van der Waals surface area contributed by atoms with Gasteiger partial charge in [0.25, 0.3) is 0 Å². The van der Waals surface area contributed by atoms with Crippen LogP contribution in [-0.4, -0.2) is 10.9 Å². The van der Waals surface area contributed by atoms with Gasteiger partial charge in [0, 0.05) is 28.6 Å². The molecule has 0 fully saturated rings. The molecule has 0 saturated carbocycles. The standard InChI is InChI=1S/C21H12Cl2F6N2OS/c22-16-5-3-13(20(24,25)26)8-12(16)9-14-10-30-19(33-14)31-18(32)6-2-11-1-4-17(23)15(7-11)21(27,28)29/h1-8,10H,9H2,(H,30,31,32)/b6-2+. The number of alkyl halides is 6. The Balaban J connectivity index is 1.67. The van der Waals surface area contributed by atoms with Gasteiger partial charge in [0.2, 0.25) is 5.91 Å². The molecule has 0 radical (unpaired) electrons. The first-order chi connectivity index (χ1) is 15.3. The fourth-order valence-electron chi connectivity index (χ4n) is 2.70. The second-order valence-electron chi connectivity index (χ2n) is 6.67. The van der Waals surface area contributed by atoms with Gasteiger partial charge >= 0.3 is 12.4 Å². The van der Waals surface area contributed by atoms with Crippen molar-refractivity contribution in [2.24, 2.45) is 0 Å². The molecule has 0 spiro atoms. The van der Waals surface area contributed by atoms with E-state index in [1.165, 1.54) is 18.3 Å². The molecule has 0 bridgehead atoms. The van der Waals surface area contributed by atoms with E-state index in [9.17, 15) is 31.1 Å². The Kier molecular flexibility index (Phi) is 7.40. The fraction of sp³-hybridized carbons (Fsp3) is 0.143. The number of nitrogens with one attached hydrogen (secondary N) is 1. The quantitative estimate of drug-likeness (QED) is 0.274. The Hall–Kier alpha value is -2.56. The molecule has 12 heteroatoms. The Bertz CT molecular complexity index is 1200. The zero-order valence-corrected chi connectivity index (χ0v) is 18.5. The van der Waals surface area contributed by atoms with Gasteiger partial charge < -0.3 is 0 Å². The minimum atomic E-state index is -4.64. The highest BCUT2D eigenvalue weighted by Gasteiger charge is 2.33. The topological polar surface area (TPSA) is 42.0 Å². The first-order valence-electron chi connectivity index (χ1n) is 8.99. The maximum Gasteiger partial charge on any atom is 0.417 e. The lowest BCUT2D eigenvalue weighted by molar-refractivity contribution is -0.138. The maximum atomic E-state index is 12.9. The number of hydrogen-bond donors (Lipinski definition) is 1. The molecule has 1 N–H and O–H groups in total. The molecule has 3 rings (SSSR count). The van der Waals surface area contributed by atoms with E-state index < -0.39 is 34.4 Å². The lowest BCUT2D eigenvalue weighted by Gasteiger charge is -2.09. The summed E-state index contributed by atoms with van der Waals surface area (Å²) in [6.45, 7) is 0. The van der Waals surface area contributed by atoms with Crippen molar-refractivity contribution in [1.29, 1.82) is 0 Å². The Labute approximate surface area is 197 Å². The third-order valence-electron chi connectivity index (χ3n) is 4.24. The second kappa shape index (κ2) is 9.74. The zero-order valence-electron chi connectivity index (χ0n) is 16.2. The number of rotatable bonds is 5. The van der Waals surface area contributed by atoms with Crippen molar-refractivity contribution in [2.75, 3.05) is 5.32 Å². The maximum absolute atomic E-state index is 12.9. The Morgan fingerprint density at radius 1 is 1.00 bits per heavy atom. The molecule has 0 atom stereocenters. The van der Waals surface area contributed by atoms with Gasteiger partial charge in [0.05, 0.1) is 16.1 Å². The highest BCUT2D eigenvalue weighted by molar-refractivity contribution is 7.15. The van der Waals surface area contributed by atoms with Gasteiger partial charge in [0.15, 0.2) is 5.13 Å². The van der Waals surface area contributed by atoms with Gasteiger partial charge in [-0.15, -0.1) is 11.3 Å². The van der Waals surface area contributed by atoms with Gasteiger partial charge in [-0.2, -0.15) is 26.3 Å². The normalized spacial score (nSPS) is 12.4. The van der Waals surface area contributed by atoms with Crippen LogP contribution in [-0.2, 0) is 23.6 Å². The summed E-state index contributed by atoms with van der Waals surface area (Å²) in [6.07, 6.45) is -5.50. The molecule has 2 aromatic carbocycles. The summed E-state index contributed by atoms with van der Waals surface area (Å²) < 4.78 is 77.5. The van der Waals surface area contributed by atoms with Crippen LogP contribution < -0.4 is 5.32 Å². The van der Waals surface area contributed by atoms with Crippen LogP contribution in [0.5, 0.6) is 0 Å². The van der Waals surface area contributed by atoms with E-state index in [4.69, 9.17) is 23.2 Å². The van der Waals surface area contributed by atoms with Gasteiger partial charge in [-0.3, -0.25) is 10.1 Å². The molecule has 1 amide bonds. The van der Waals surface area contributed by atoms with Crippen molar-refractivity contribution >= 4 is 51.7 Å². The summed E-state index contributed by atoms with van der Waals surface area (Å²) in [5.41, 5.74) is -1.50. The van der Waals surface area contributed by atoms with E-state index in [-0.39, 0.29) is 27.7 Å². The van der Waals surface area contributed by atoms with Gasteiger partial charge in [-0.1, -0.05) is 29.3 Å². The SMILES string of the molecule is O=C(/C=C/c1ccc(Cl)c(C(F)(F)F)c1)Nc1ncc(Cc2cc(C(F)(F)F)ccc2Cl)s1. The van der Waals surface area contributed by atoms with Gasteiger partial charge in [-0.05, 0) is 47.5 Å². The third kappa shape index (κ3) is 6.72. The van der Waals surface area contributed by atoms with Crippen molar-refractivity contribution in [3.05, 3.63) is 85.8 Å². The smallest absolute Gasteiger partial charge is 0.298 e. The molecular formula is C21H12Cl2F6N2OS. The number of carbonyl (C=O) groups excluding carboxylic acids is 1. The van der Waals surface area contributed by atoms with Gasteiger partial charge in [0.1, 0.15) is 0 Å². The number of aromatic nitrogens is 1. The third-order valence-corrected chi connectivity index (χ3v) is 5.86. The van der Waals surface area contributed by atoms with E-state index in [0.29, 0.717) is 4.88 Å². The molecule has 1 heterocycles. The van der Waals surface area contributed by atoms with Crippen molar-refractivity contribution < 1.29 is 31.1 Å². The summed E-state index contributed by atoms with van der Waals surface area (Å²) >= 11 is 12.6. The highest BCUT2D eigenvalue weighted by Crippen LogP contribution is 2.35. The van der Waals surface area contributed by atoms with Crippen molar-refractivity contribution in [3.8, 4) is 0 Å². The number of hydrogen-bond acceptors (Lipinski definition) is 3. The van der Waals surface area contributed by atoms with E-state index in [2.05, 4.69) is 10.3 Å². The number of anilines is 1. The molecule has 174 valence electrons. The Morgan fingerprint density at radius 2 is 1.70 bits per heavy atom. The lowest BCUT2D eigenvalue weighted by atomic mass is 10.1. The van der Waals surface area contributed by atoms with Crippen LogP contribution in [0.2, 0.25) is 10.0 Å². The van der Waals surface area contributed by atoms with Gasteiger partial charge in [-0.25, -0.2) is 4.98 Å². The van der Waals surface area contributed by atoms with Crippen LogP contribution in [0.3, 0.4) is 0 Å². The summed E-state index contributed by atoms with van der Waals surface area (Å²) in [5, 5.41) is 2.31. The van der Waals surface area contributed by atoms with E-state index in [1.54, 1.807) is 0 Å². The number of halogens is 8.